The van der Waals surface area contributed by atoms with Gasteiger partial charge in [0.2, 0.25) is 0 Å². The Morgan fingerprint density at radius 2 is 1.96 bits per heavy atom. The van der Waals surface area contributed by atoms with Crippen LogP contribution in [0.4, 0.5) is 17.6 Å². The minimum Gasteiger partial charge on any atom is -0.373 e. The summed E-state index contributed by atoms with van der Waals surface area (Å²) in [7, 11) is 0. The predicted molar refractivity (Wildman–Crippen MR) is 94.6 cm³/mol. The maximum absolute atomic E-state index is 13.2. The van der Waals surface area contributed by atoms with E-state index in [1.807, 2.05) is 0 Å². The van der Waals surface area contributed by atoms with E-state index in [9.17, 15) is 17.6 Å². The molecular weight excluding hydrogens is 382 g/mol. The normalized spacial score (nSPS) is 17.6. The van der Waals surface area contributed by atoms with Crippen LogP contribution in [0.25, 0.3) is 0 Å². The van der Waals surface area contributed by atoms with Crippen molar-refractivity contribution in [1.29, 1.82) is 0 Å². The summed E-state index contributed by atoms with van der Waals surface area (Å²) in [5, 5.41) is 0. The van der Waals surface area contributed by atoms with Gasteiger partial charge in [0.15, 0.2) is 11.6 Å². The lowest BCUT2D eigenvalue weighted by Crippen LogP contribution is -2.41. The van der Waals surface area contributed by atoms with E-state index in [0.29, 0.717) is 36.4 Å². The van der Waals surface area contributed by atoms with Crippen molar-refractivity contribution in [1.82, 2.24) is 9.88 Å². The van der Waals surface area contributed by atoms with Gasteiger partial charge in [-0.15, -0.1) is 11.3 Å². The summed E-state index contributed by atoms with van der Waals surface area (Å²) >= 11 is 1.20. The zero-order valence-corrected chi connectivity index (χ0v) is 15.4. The molecule has 27 heavy (non-hydrogen) atoms. The topological polar surface area (TPSA) is 51.4 Å². The van der Waals surface area contributed by atoms with Crippen molar-refractivity contribution < 1.29 is 22.3 Å². The third-order valence-electron chi connectivity index (χ3n) is 4.74. The molecule has 1 aliphatic rings. The molecule has 1 atom stereocenters. The highest BCUT2D eigenvalue weighted by molar-refractivity contribution is 7.09. The van der Waals surface area contributed by atoms with Crippen LogP contribution < -0.4 is 5.73 Å². The number of piperidine rings is 1. The zero-order chi connectivity index (χ0) is 19.4. The number of ether oxygens (including phenoxy) is 1. The molecule has 4 nitrogen and oxygen atoms in total. The Balaban J connectivity index is 1.54. The molecule has 0 bridgehead atoms. The van der Waals surface area contributed by atoms with Crippen molar-refractivity contribution >= 4 is 11.3 Å². The quantitative estimate of drug-likeness (QED) is 0.709. The first-order chi connectivity index (χ1) is 13.0. The van der Waals surface area contributed by atoms with Crippen molar-refractivity contribution in [2.75, 3.05) is 19.6 Å². The number of rotatable bonds is 7. The fourth-order valence-corrected chi connectivity index (χ4v) is 4.24. The van der Waals surface area contributed by atoms with Crippen LogP contribution in [0, 0.1) is 11.6 Å². The summed E-state index contributed by atoms with van der Waals surface area (Å²) in [6.07, 6.45) is -1.22. The van der Waals surface area contributed by atoms with Gasteiger partial charge in [0.05, 0.1) is 29.1 Å². The van der Waals surface area contributed by atoms with Crippen LogP contribution in [0.1, 0.15) is 41.4 Å². The summed E-state index contributed by atoms with van der Waals surface area (Å²) < 4.78 is 58.2. The molecule has 2 N–H and O–H groups in total. The lowest BCUT2D eigenvalue weighted by molar-refractivity contribution is -0.0107. The van der Waals surface area contributed by atoms with Gasteiger partial charge in [0.25, 0.3) is 6.43 Å². The van der Waals surface area contributed by atoms with Gasteiger partial charge in [-0.25, -0.2) is 22.5 Å². The Kier molecular flexibility index (Phi) is 6.80. The van der Waals surface area contributed by atoms with Crippen molar-refractivity contribution in [3.63, 3.8) is 0 Å². The number of halogens is 4. The Morgan fingerprint density at radius 1 is 1.22 bits per heavy atom. The van der Waals surface area contributed by atoms with Crippen molar-refractivity contribution in [2.45, 2.75) is 38.0 Å². The first kappa shape index (κ1) is 20.2. The van der Waals surface area contributed by atoms with E-state index in [0.717, 1.165) is 12.1 Å². The number of hydrogen-bond acceptors (Lipinski definition) is 5. The Morgan fingerprint density at radius 3 is 2.59 bits per heavy atom. The molecule has 9 heteroatoms. The highest BCUT2D eigenvalue weighted by atomic mass is 32.1. The van der Waals surface area contributed by atoms with Gasteiger partial charge >= 0.3 is 0 Å². The maximum atomic E-state index is 13.2. The largest absolute Gasteiger partial charge is 0.373 e. The van der Waals surface area contributed by atoms with E-state index < -0.39 is 18.1 Å². The lowest BCUT2D eigenvalue weighted by atomic mass is 10.0. The molecule has 0 amide bonds. The van der Waals surface area contributed by atoms with E-state index in [2.05, 4.69) is 9.88 Å². The first-order valence-corrected chi connectivity index (χ1v) is 9.58. The molecule has 0 aliphatic carbocycles. The SMILES string of the molecule is NCC(c1scnc1C(F)F)N1CCC(OCc2ccc(F)c(F)c2)CC1. The molecule has 1 fully saturated rings. The third-order valence-corrected chi connectivity index (χ3v) is 5.69. The van der Waals surface area contributed by atoms with E-state index in [1.165, 1.54) is 22.9 Å². The second-order valence-electron chi connectivity index (χ2n) is 6.45. The second-order valence-corrected chi connectivity index (χ2v) is 7.34. The fourth-order valence-electron chi connectivity index (χ4n) is 3.30. The van der Waals surface area contributed by atoms with Crippen molar-refractivity contribution in [3.05, 3.63) is 51.5 Å². The molecule has 1 unspecified atom stereocenters. The van der Waals surface area contributed by atoms with E-state index in [4.69, 9.17) is 10.5 Å². The molecule has 1 saturated heterocycles. The number of aromatic nitrogens is 1. The zero-order valence-electron chi connectivity index (χ0n) is 14.6. The molecule has 0 radical (unpaired) electrons. The van der Waals surface area contributed by atoms with Gasteiger partial charge in [-0.1, -0.05) is 6.07 Å². The van der Waals surface area contributed by atoms with E-state index in [1.54, 1.807) is 0 Å². The molecule has 3 rings (SSSR count). The van der Waals surface area contributed by atoms with E-state index in [-0.39, 0.29) is 31.0 Å². The summed E-state index contributed by atoms with van der Waals surface area (Å²) in [5.74, 6) is -1.78. The minimum atomic E-state index is -2.61. The fraction of sp³-hybridized carbons (Fsp3) is 0.500. The predicted octanol–water partition coefficient (Wildman–Crippen LogP) is 4.04. The first-order valence-electron chi connectivity index (χ1n) is 8.70. The molecule has 0 spiro atoms. The van der Waals surface area contributed by atoms with Gasteiger partial charge in [-0.05, 0) is 30.5 Å². The van der Waals surface area contributed by atoms with Crippen LogP contribution in [0.15, 0.2) is 23.7 Å². The molecule has 2 heterocycles. The van der Waals surface area contributed by atoms with Gasteiger partial charge < -0.3 is 10.5 Å². The number of nitrogens with two attached hydrogens (primary N) is 1. The highest BCUT2D eigenvalue weighted by Crippen LogP contribution is 2.34. The number of likely N-dealkylation sites (tertiary alicyclic amines) is 1. The van der Waals surface area contributed by atoms with Gasteiger partial charge in [-0.3, -0.25) is 4.90 Å². The molecule has 148 valence electrons. The summed E-state index contributed by atoms with van der Waals surface area (Å²) in [6, 6.07) is 3.42. The number of nitrogens with zero attached hydrogens (tertiary/aromatic N) is 2. The van der Waals surface area contributed by atoms with E-state index >= 15 is 0 Å². The highest BCUT2D eigenvalue weighted by Gasteiger charge is 2.30. The molecule has 0 saturated carbocycles. The maximum Gasteiger partial charge on any atom is 0.281 e. The molecule has 1 aromatic carbocycles. The average molecular weight is 403 g/mol. The smallest absolute Gasteiger partial charge is 0.281 e. The third kappa shape index (κ3) is 4.84. The van der Waals surface area contributed by atoms with Crippen molar-refractivity contribution in [2.24, 2.45) is 5.73 Å². The van der Waals surface area contributed by atoms with Gasteiger partial charge in [0.1, 0.15) is 5.69 Å². The summed E-state index contributed by atoms with van der Waals surface area (Å²) in [6.45, 7) is 1.75. The molecule has 1 aliphatic heterocycles. The monoisotopic (exact) mass is 403 g/mol. The minimum absolute atomic E-state index is 0.0242. The summed E-state index contributed by atoms with van der Waals surface area (Å²) in [5.41, 5.74) is 7.67. The van der Waals surface area contributed by atoms with Gasteiger partial charge in [-0.2, -0.15) is 0 Å². The van der Waals surface area contributed by atoms with Crippen LogP contribution in [0.2, 0.25) is 0 Å². The number of alkyl halides is 2. The van der Waals surface area contributed by atoms with Gasteiger partial charge in [0, 0.05) is 19.6 Å². The molecule has 1 aromatic heterocycles. The standard InChI is InChI=1S/C18H21F4N3OS/c19-13-2-1-11(7-14(13)20)9-26-12-3-5-25(6-4-12)15(8-23)17-16(18(21)22)24-10-27-17/h1-2,7,10,12,15,18H,3-6,8-9,23H2. The molecular formula is C18H21F4N3OS. The Labute approximate surface area is 159 Å². The summed E-state index contributed by atoms with van der Waals surface area (Å²) in [4.78, 5) is 6.38. The van der Waals surface area contributed by atoms with Crippen molar-refractivity contribution in [3.8, 4) is 0 Å². The Bertz CT molecular complexity index is 750. The van der Waals surface area contributed by atoms with Crippen LogP contribution in [-0.4, -0.2) is 35.6 Å². The lowest BCUT2D eigenvalue weighted by Gasteiger charge is -2.36. The van der Waals surface area contributed by atoms with Crippen LogP contribution in [0.5, 0.6) is 0 Å². The number of thiazole rings is 1. The average Bonchev–Trinajstić information content (AvgIpc) is 3.14. The van der Waals surface area contributed by atoms with Crippen LogP contribution in [0.3, 0.4) is 0 Å². The Hall–Kier alpha value is -1.55. The number of hydrogen-bond donors (Lipinski definition) is 1. The second kappa shape index (κ2) is 9.09. The van der Waals surface area contributed by atoms with Crippen LogP contribution in [-0.2, 0) is 11.3 Å². The molecule has 2 aromatic rings. The number of benzene rings is 1. The van der Waals surface area contributed by atoms with Crippen LogP contribution >= 0.6 is 11.3 Å².